The predicted octanol–water partition coefficient (Wildman–Crippen LogP) is 4.66. The topological polar surface area (TPSA) is 91.4 Å². The number of nitrogens with zero attached hydrogens (tertiary/aromatic N) is 2. The highest BCUT2D eigenvalue weighted by Crippen LogP contribution is 2.24. The third kappa shape index (κ3) is 5.67. The van der Waals surface area contributed by atoms with E-state index in [0.29, 0.717) is 42.9 Å². The zero-order chi connectivity index (χ0) is 25.6. The quantitative estimate of drug-likeness (QED) is 0.410. The molecule has 4 aromatic rings. The van der Waals surface area contributed by atoms with Crippen molar-refractivity contribution in [3.63, 3.8) is 0 Å². The zero-order valence-electron chi connectivity index (χ0n) is 20.4. The van der Waals surface area contributed by atoms with E-state index in [9.17, 15) is 14.4 Å². The van der Waals surface area contributed by atoms with Gasteiger partial charge in [0.1, 0.15) is 0 Å². The van der Waals surface area contributed by atoms with Crippen molar-refractivity contribution in [2.75, 3.05) is 18.4 Å². The molecule has 1 atom stereocenters. The van der Waals surface area contributed by atoms with E-state index >= 15 is 0 Å². The Morgan fingerprint density at radius 2 is 1.73 bits per heavy atom. The maximum atomic E-state index is 13.4. The number of piperidine rings is 1. The summed E-state index contributed by atoms with van der Waals surface area (Å²) in [5.74, 6) is -0.775. The molecule has 5 rings (SSSR count). The third-order valence-corrected chi connectivity index (χ3v) is 6.65. The number of nitrogens with one attached hydrogen (secondary N) is 2. The first-order valence-electron chi connectivity index (χ1n) is 12.4. The Balaban J connectivity index is 1.22. The molecule has 1 fully saturated rings. The van der Waals surface area contributed by atoms with Crippen LogP contribution in [0.3, 0.4) is 0 Å². The van der Waals surface area contributed by atoms with Crippen LogP contribution in [-0.2, 0) is 11.3 Å². The van der Waals surface area contributed by atoms with Crippen molar-refractivity contribution in [2.45, 2.75) is 19.4 Å². The number of hydrogen-bond acceptors (Lipinski definition) is 4. The van der Waals surface area contributed by atoms with E-state index in [4.69, 9.17) is 0 Å². The Morgan fingerprint density at radius 1 is 0.919 bits per heavy atom. The van der Waals surface area contributed by atoms with Crippen molar-refractivity contribution in [1.82, 2.24) is 15.2 Å². The van der Waals surface area contributed by atoms with Crippen molar-refractivity contribution in [1.29, 1.82) is 0 Å². The summed E-state index contributed by atoms with van der Waals surface area (Å²) in [5.41, 5.74) is 2.42. The maximum Gasteiger partial charge on any atom is 0.254 e. The molecule has 0 bridgehead atoms. The Hall–Kier alpha value is -4.52. The van der Waals surface area contributed by atoms with Crippen LogP contribution in [0, 0.1) is 5.92 Å². The molecule has 0 saturated carbocycles. The molecule has 1 aliphatic heterocycles. The van der Waals surface area contributed by atoms with Crippen LogP contribution in [0.4, 0.5) is 5.69 Å². The van der Waals surface area contributed by atoms with E-state index in [1.165, 1.54) is 0 Å². The summed E-state index contributed by atoms with van der Waals surface area (Å²) in [6.07, 6.45) is 3.14. The Labute approximate surface area is 215 Å². The largest absolute Gasteiger partial charge is 0.346 e. The summed E-state index contributed by atoms with van der Waals surface area (Å²) in [5, 5.41) is 7.72. The summed E-state index contributed by atoms with van der Waals surface area (Å²) in [6, 6.07) is 26.0. The molecule has 1 aromatic heterocycles. The van der Waals surface area contributed by atoms with E-state index in [0.717, 1.165) is 22.9 Å². The molecule has 1 aliphatic rings. The van der Waals surface area contributed by atoms with Gasteiger partial charge in [0, 0.05) is 36.1 Å². The fourth-order valence-corrected chi connectivity index (χ4v) is 4.72. The van der Waals surface area contributed by atoms with Crippen LogP contribution >= 0.6 is 0 Å². The lowest BCUT2D eigenvalue weighted by atomic mass is 9.95. The molecule has 0 radical (unpaired) electrons. The molecule has 3 amide bonds. The van der Waals surface area contributed by atoms with Crippen molar-refractivity contribution in [2.24, 2.45) is 5.92 Å². The van der Waals surface area contributed by atoms with Gasteiger partial charge in [0.15, 0.2) is 0 Å². The number of carbonyl (C=O) groups excluding carboxylic acids is 3. The van der Waals surface area contributed by atoms with Gasteiger partial charge >= 0.3 is 0 Å². The monoisotopic (exact) mass is 492 g/mol. The molecule has 3 aromatic carbocycles. The Bertz CT molecular complexity index is 1430. The van der Waals surface area contributed by atoms with Gasteiger partial charge in [-0.1, -0.05) is 48.5 Å². The number of rotatable bonds is 6. The molecule has 0 aliphatic carbocycles. The number of pyridine rings is 1. The van der Waals surface area contributed by atoms with Gasteiger partial charge in [-0.15, -0.1) is 0 Å². The zero-order valence-corrected chi connectivity index (χ0v) is 20.4. The number of carbonyl (C=O) groups is 3. The number of amides is 3. The number of benzene rings is 3. The summed E-state index contributed by atoms with van der Waals surface area (Å²) >= 11 is 0. The number of aromatic nitrogens is 1. The molecule has 37 heavy (non-hydrogen) atoms. The first-order valence-corrected chi connectivity index (χ1v) is 12.4. The summed E-state index contributed by atoms with van der Waals surface area (Å²) < 4.78 is 0. The van der Waals surface area contributed by atoms with Crippen LogP contribution in [0.25, 0.3) is 10.8 Å². The SMILES string of the molecule is O=C(NCc1ccccn1)c1cccc(NC(=O)C2CCCN(C(=O)c3cccc4ccccc34)C2)c1. The highest BCUT2D eigenvalue weighted by molar-refractivity contribution is 6.07. The second-order valence-electron chi connectivity index (χ2n) is 9.19. The van der Waals surface area contributed by atoms with Gasteiger partial charge in [-0.05, 0) is 60.0 Å². The van der Waals surface area contributed by atoms with Gasteiger partial charge in [-0.3, -0.25) is 19.4 Å². The maximum absolute atomic E-state index is 13.4. The van der Waals surface area contributed by atoms with Crippen LogP contribution in [0.1, 0.15) is 39.3 Å². The van der Waals surface area contributed by atoms with Crippen LogP contribution in [0.2, 0.25) is 0 Å². The highest BCUT2D eigenvalue weighted by atomic mass is 16.2. The van der Waals surface area contributed by atoms with E-state index in [1.54, 1.807) is 35.4 Å². The molecular formula is C30H28N4O3. The average molecular weight is 493 g/mol. The molecule has 0 spiro atoms. The van der Waals surface area contributed by atoms with E-state index in [2.05, 4.69) is 15.6 Å². The molecular weight excluding hydrogens is 464 g/mol. The molecule has 1 saturated heterocycles. The lowest BCUT2D eigenvalue weighted by Crippen LogP contribution is -2.43. The number of hydrogen-bond donors (Lipinski definition) is 2. The van der Waals surface area contributed by atoms with Crippen LogP contribution in [0.5, 0.6) is 0 Å². The molecule has 2 heterocycles. The third-order valence-electron chi connectivity index (χ3n) is 6.65. The summed E-state index contributed by atoms with van der Waals surface area (Å²) in [4.78, 5) is 45.1. The van der Waals surface area contributed by atoms with Gasteiger partial charge in [0.25, 0.3) is 11.8 Å². The smallest absolute Gasteiger partial charge is 0.254 e. The van der Waals surface area contributed by atoms with E-state index in [1.807, 2.05) is 60.7 Å². The fraction of sp³-hybridized carbons (Fsp3) is 0.200. The predicted molar refractivity (Wildman–Crippen MR) is 143 cm³/mol. The van der Waals surface area contributed by atoms with Crippen molar-refractivity contribution >= 4 is 34.2 Å². The Kier molecular flexibility index (Phi) is 7.21. The van der Waals surface area contributed by atoms with Crippen LogP contribution in [0.15, 0.2) is 91.1 Å². The minimum absolute atomic E-state index is 0.0547. The van der Waals surface area contributed by atoms with Gasteiger partial charge in [-0.2, -0.15) is 0 Å². The Morgan fingerprint density at radius 3 is 2.59 bits per heavy atom. The lowest BCUT2D eigenvalue weighted by molar-refractivity contribution is -0.121. The molecule has 7 nitrogen and oxygen atoms in total. The fourth-order valence-electron chi connectivity index (χ4n) is 4.72. The highest BCUT2D eigenvalue weighted by Gasteiger charge is 2.29. The van der Waals surface area contributed by atoms with Gasteiger partial charge in [0.05, 0.1) is 18.2 Å². The van der Waals surface area contributed by atoms with Crippen molar-refractivity contribution < 1.29 is 14.4 Å². The van der Waals surface area contributed by atoms with Crippen molar-refractivity contribution in [3.05, 3.63) is 108 Å². The minimum atomic E-state index is -0.325. The molecule has 1 unspecified atom stereocenters. The van der Waals surface area contributed by atoms with Gasteiger partial charge < -0.3 is 15.5 Å². The van der Waals surface area contributed by atoms with Crippen LogP contribution in [-0.4, -0.2) is 40.7 Å². The molecule has 2 N–H and O–H groups in total. The average Bonchev–Trinajstić information content (AvgIpc) is 2.96. The number of likely N-dealkylation sites (tertiary alicyclic amines) is 1. The summed E-state index contributed by atoms with van der Waals surface area (Å²) in [6.45, 7) is 1.30. The number of anilines is 1. The molecule has 186 valence electrons. The first kappa shape index (κ1) is 24.2. The summed E-state index contributed by atoms with van der Waals surface area (Å²) in [7, 11) is 0. The standard InChI is InChI=1S/C30H28N4O3/c35-28(32-19-25-12-3-4-16-31-25)22-10-5-13-24(18-22)33-29(36)23-11-7-17-34(20-23)30(37)27-15-6-9-21-8-1-2-14-26(21)27/h1-6,8-10,12-16,18,23H,7,11,17,19-20H2,(H,32,35)(H,33,36). The lowest BCUT2D eigenvalue weighted by Gasteiger charge is -2.32. The second kappa shape index (κ2) is 11.0. The number of fused-ring (bicyclic) bond motifs is 1. The first-order chi connectivity index (χ1) is 18.1. The van der Waals surface area contributed by atoms with Crippen LogP contribution < -0.4 is 10.6 Å². The van der Waals surface area contributed by atoms with Gasteiger partial charge in [-0.25, -0.2) is 0 Å². The van der Waals surface area contributed by atoms with E-state index in [-0.39, 0.29) is 23.6 Å². The van der Waals surface area contributed by atoms with Gasteiger partial charge in [0.2, 0.25) is 5.91 Å². The minimum Gasteiger partial charge on any atom is -0.346 e. The van der Waals surface area contributed by atoms with E-state index < -0.39 is 0 Å². The molecule has 7 heteroatoms. The second-order valence-corrected chi connectivity index (χ2v) is 9.19. The van der Waals surface area contributed by atoms with Crippen molar-refractivity contribution in [3.8, 4) is 0 Å². The normalized spacial score (nSPS) is 15.2.